The van der Waals surface area contributed by atoms with Gasteiger partial charge in [0, 0.05) is 23.9 Å². The maximum atomic E-state index is 12.4. The van der Waals surface area contributed by atoms with Gasteiger partial charge in [-0.2, -0.15) is 0 Å². The van der Waals surface area contributed by atoms with Gasteiger partial charge in [0.05, 0.1) is 19.1 Å². The van der Waals surface area contributed by atoms with Crippen molar-refractivity contribution in [2.75, 3.05) is 7.11 Å². The zero-order valence-electron chi connectivity index (χ0n) is 15.6. The van der Waals surface area contributed by atoms with Crippen LogP contribution in [0.3, 0.4) is 0 Å². The molecular formula is C22H17NO6. The highest BCUT2D eigenvalue weighted by atomic mass is 16.5. The van der Waals surface area contributed by atoms with Gasteiger partial charge in [-0.05, 0) is 28.9 Å². The topological polar surface area (TPSA) is 91.8 Å². The van der Waals surface area contributed by atoms with E-state index in [0.29, 0.717) is 35.0 Å². The zero-order chi connectivity index (χ0) is 20.2. The van der Waals surface area contributed by atoms with Gasteiger partial charge in [-0.25, -0.2) is 4.79 Å². The van der Waals surface area contributed by atoms with Gasteiger partial charge in [0.1, 0.15) is 17.1 Å². The average molecular weight is 391 g/mol. The Morgan fingerprint density at radius 2 is 1.90 bits per heavy atom. The summed E-state index contributed by atoms with van der Waals surface area (Å²) in [5.74, 6) is 0.737. The first kappa shape index (κ1) is 18.5. The van der Waals surface area contributed by atoms with Gasteiger partial charge >= 0.3 is 11.6 Å². The third-order valence-electron chi connectivity index (χ3n) is 4.35. The van der Waals surface area contributed by atoms with Gasteiger partial charge < -0.3 is 18.4 Å². The lowest BCUT2D eigenvalue weighted by Crippen LogP contribution is -2.09. The number of fused-ring (bicyclic) bond motifs is 1. The van der Waals surface area contributed by atoms with Crippen LogP contribution in [-0.4, -0.2) is 18.2 Å². The normalized spacial score (nSPS) is 10.8. The van der Waals surface area contributed by atoms with Crippen LogP contribution in [-0.2, 0) is 11.2 Å². The maximum Gasteiger partial charge on any atom is 0.344 e. The van der Waals surface area contributed by atoms with Crippen molar-refractivity contribution in [2.24, 2.45) is 0 Å². The molecule has 2 heterocycles. The first-order valence-electron chi connectivity index (χ1n) is 8.96. The van der Waals surface area contributed by atoms with E-state index in [-0.39, 0.29) is 6.42 Å². The largest absolute Gasteiger partial charge is 0.479 e. The summed E-state index contributed by atoms with van der Waals surface area (Å²) in [5.41, 5.74) is 1.15. The second-order valence-corrected chi connectivity index (χ2v) is 6.32. The summed E-state index contributed by atoms with van der Waals surface area (Å²) in [4.78, 5) is 24.4. The van der Waals surface area contributed by atoms with Crippen molar-refractivity contribution < 1.29 is 23.2 Å². The van der Waals surface area contributed by atoms with Crippen LogP contribution in [0.1, 0.15) is 12.2 Å². The van der Waals surface area contributed by atoms with E-state index >= 15 is 0 Å². The van der Waals surface area contributed by atoms with Crippen molar-refractivity contribution in [1.29, 1.82) is 0 Å². The Morgan fingerprint density at radius 3 is 2.66 bits per heavy atom. The van der Waals surface area contributed by atoms with E-state index in [0.717, 1.165) is 10.9 Å². The fraction of sp³-hybridized carbons (Fsp3) is 0.136. The van der Waals surface area contributed by atoms with Gasteiger partial charge in [0.15, 0.2) is 0 Å². The molecule has 0 spiro atoms. The van der Waals surface area contributed by atoms with Gasteiger partial charge in [0.2, 0.25) is 0 Å². The van der Waals surface area contributed by atoms with Crippen LogP contribution in [0.5, 0.6) is 11.6 Å². The molecule has 4 rings (SSSR count). The van der Waals surface area contributed by atoms with Gasteiger partial charge in [-0.3, -0.25) is 4.79 Å². The number of aryl methyl sites for hydroxylation is 1. The van der Waals surface area contributed by atoms with Crippen LogP contribution in [0.25, 0.3) is 22.1 Å². The highest BCUT2D eigenvalue weighted by Crippen LogP contribution is 2.24. The minimum Gasteiger partial charge on any atom is -0.479 e. The summed E-state index contributed by atoms with van der Waals surface area (Å²) in [5, 5.41) is 4.41. The Bertz CT molecular complexity index is 1210. The predicted octanol–water partition coefficient (Wildman–Crippen LogP) is 3.99. The van der Waals surface area contributed by atoms with Crippen molar-refractivity contribution in [3.8, 4) is 22.8 Å². The van der Waals surface area contributed by atoms with E-state index in [1.165, 1.54) is 13.2 Å². The molecule has 0 radical (unpaired) electrons. The molecule has 0 N–H and O–H groups in total. The molecule has 7 heteroatoms. The molecular weight excluding hydrogens is 374 g/mol. The van der Waals surface area contributed by atoms with Crippen molar-refractivity contribution in [3.05, 3.63) is 76.8 Å². The predicted molar refractivity (Wildman–Crippen MR) is 105 cm³/mol. The quantitative estimate of drug-likeness (QED) is 0.279. The van der Waals surface area contributed by atoms with Crippen molar-refractivity contribution in [1.82, 2.24) is 5.16 Å². The molecule has 146 valence electrons. The Labute approximate surface area is 165 Å². The summed E-state index contributed by atoms with van der Waals surface area (Å²) in [6.45, 7) is 0. The third-order valence-corrected chi connectivity index (χ3v) is 4.35. The monoisotopic (exact) mass is 391 g/mol. The lowest BCUT2D eigenvalue weighted by molar-refractivity contribution is -0.134. The molecule has 0 saturated heterocycles. The second kappa shape index (κ2) is 8.02. The molecule has 0 aliphatic heterocycles. The van der Waals surface area contributed by atoms with Crippen molar-refractivity contribution in [2.45, 2.75) is 12.8 Å². The summed E-state index contributed by atoms with van der Waals surface area (Å²) < 4.78 is 20.7. The Kier molecular flexibility index (Phi) is 5.11. The Hall–Kier alpha value is -3.87. The Balaban J connectivity index is 1.48. The number of esters is 1. The summed E-state index contributed by atoms with van der Waals surface area (Å²) in [7, 11) is 1.48. The minimum absolute atomic E-state index is 0.104. The van der Waals surface area contributed by atoms with E-state index in [1.807, 2.05) is 30.3 Å². The third kappa shape index (κ3) is 4.19. The maximum absolute atomic E-state index is 12.4. The summed E-state index contributed by atoms with van der Waals surface area (Å²) in [6.07, 6.45) is 0.436. The lowest BCUT2D eigenvalue weighted by Gasteiger charge is -2.06. The fourth-order valence-electron chi connectivity index (χ4n) is 2.89. The van der Waals surface area contributed by atoms with Gasteiger partial charge in [0.25, 0.3) is 5.88 Å². The molecule has 0 fully saturated rings. The van der Waals surface area contributed by atoms with Crippen molar-refractivity contribution in [3.63, 3.8) is 0 Å². The molecule has 0 aliphatic rings. The number of nitrogens with zero attached hydrogens (tertiary/aromatic N) is 1. The Morgan fingerprint density at radius 1 is 1.07 bits per heavy atom. The molecule has 0 bridgehead atoms. The lowest BCUT2D eigenvalue weighted by atomic mass is 10.1. The van der Waals surface area contributed by atoms with Crippen LogP contribution < -0.4 is 15.1 Å². The summed E-state index contributed by atoms with van der Waals surface area (Å²) in [6, 6.07) is 17.6. The first-order chi connectivity index (χ1) is 14.1. The van der Waals surface area contributed by atoms with Crippen LogP contribution in [0.4, 0.5) is 0 Å². The molecule has 0 unspecified atom stereocenters. The second-order valence-electron chi connectivity index (χ2n) is 6.32. The van der Waals surface area contributed by atoms with E-state index in [4.69, 9.17) is 18.4 Å². The molecule has 7 nitrogen and oxygen atoms in total. The molecule has 2 aromatic carbocycles. The van der Waals surface area contributed by atoms with Crippen LogP contribution in [0, 0.1) is 0 Å². The van der Waals surface area contributed by atoms with E-state index in [1.54, 1.807) is 24.3 Å². The number of rotatable bonds is 6. The average Bonchev–Trinajstić information content (AvgIpc) is 3.20. The van der Waals surface area contributed by atoms with E-state index in [9.17, 15) is 9.59 Å². The highest BCUT2D eigenvalue weighted by Gasteiger charge is 2.12. The number of hydrogen-bond acceptors (Lipinski definition) is 7. The smallest absolute Gasteiger partial charge is 0.344 e. The number of benzene rings is 2. The van der Waals surface area contributed by atoms with Gasteiger partial charge in [-0.1, -0.05) is 30.3 Å². The number of carbonyl (C=O) groups is 1. The van der Waals surface area contributed by atoms with Crippen LogP contribution in [0.15, 0.2) is 74.4 Å². The zero-order valence-corrected chi connectivity index (χ0v) is 15.6. The molecule has 4 aromatic rings. The first-order valence-corrected chi connectivity index (χ1v) is 8.96. The minimum atomic E-state index is -0.452. The molecule has 0 aliphatic carbocycles. The number of methoxy groups -OCH3 is 1. The van der Waals surface area contributed by atoms with E-state index < -0.39 is 11.6 Å². The van der Waals surface area contributed by atoms with Gasteiger partial charge in [-0.15, -0.1) is 0 Å². The SMILES string of the molecule is COc1cc(CCC(=O)Oc2ccc3cc(-c4ccccc4)c(=O)oc3c2)on1. The summed E-state index contributed by atoms with van der Waals surface area (Å²) >= 11 is 0. The van der Waals surface area contributed by atoms with E-state index in [2.05, 4.69) is 5.16 Å². The number of carbonyl (C=O) groups excluding carboxylic acids is 1. The number of ether oxygens (including phenoxy) is 2. The molecule has 0 amide bonds. The molecule has 2 aromatic heterocycles. The molecule has 0 saturated carbocycles. The van der Waals surface area contributed by atoms with Crippen molar-refractivity contribution >= 4 is 16.9 Å². The fourth-order valence-corrected chi connectivity index (χ4v) is 2.89. The highest BCUT2D eigenvalue weighted by molar-refractivity contribution is 5.83. The number of aromatic nitrogens is 1. The van der Waals surface area contributed by atoms with Crippen LogP contribution >= 0.6 is 0 Å². The molecule has 0 atom stereocenters. The van der Waals surface area contributed by atoms with Crippen LogP contribution in [0.2, 0.25) is 0 Å². The molecule has 29 heavy (non-hydrogen) atoms. The standard InChI is InChI=1S/C22H17NO6/c1-26-20-13-17(29-23-20)9-10-21(24)27-16-8-7-15-11-18(14-5-3-2-4-6-14)22(25)28-19(15)12-16/h2-8,11-13H,9-10H2,1H3. The number of hydrogen-bond donors (Lipinski definition) is 0.